The normalized spacial score (nSPS) is 11.8. The highest BCUT2D eigenvalue weighted by Gasteiger charge is 2.26. The zero-order valence-corrected chi connectivity index (χ0v) is 12.3. The van der Waals surface area contributed by atoms with Gasteiger partial charge in [-0.2, -0.15) is 0 Å². The van der Waals surface area contributed by atoms with Crippen molar-refractivity contribution in [2.45, 2.75) is 24.2 Å². The molecule has 0 spiro atoms. The molecule has 21 heavy (non-hydrogen) atoms. The molecule has 0 amide bonds. The monoisotopic (exact) mass is 320 g/mol. The fourth-order valence-electron chi connectivity index (χ4n) is 1.71. The van der Waals surface area contributed by atoms with E-state index in [1.165, 1.54) is 7.05 Å². The Bertz CT molecular complexity index is 606. The summed E-state index contributed by atoms with van der Waals surface area (Å²) in [6.45, 7) is 0.167. The van der Waals surface area contributed by atoms with E-state index in [4.69, 9.17) is 5.11 Å². The highest BCUT2D eigenvalue weighted by atomic mass is 32.2. The fourth-order valence-corrected chi connectivity index (χ4v) is 3.00. The second-order valence-electron chi connectivity index (χ2n) is 4.48. The first-order valence-corrected chi connectivity index (χ1v) is 7.76. The summed E-state index contributed by atoms with van der Waals surface area (Å²) < 4.78 is 39.0. The zero-order chi connectivity index (χ0) is 16.0. The van der Waals surface area contributed by atoms with Gasteiger partial charge in [0.15, 0.2) is 0 Å². The number of aliphatic hydroxyl groups excluding tert-OH is 1. The van der Waals surface area contributed by atoms with Crippen molar-refractivity contribution in [3.63, 3.8) is 0 Å². The third kappa shape index (κ3) is 4.45. The van der Waals surface area contributed by atoms with Gasteiger partial charge in [-0.25, -0.2) is 17.1 Å². The molecule has 0 fully saturated rings. The molecule has 118 valence electrons. The highest BCUT2D eigenvalue weighted by molar-refractivity contribution is 7.89. The van der Waals surface area contributed by atoms with Crippen LogP contribution < -0.4 is 0 Å². The molecule has 0 radical (unpaired) electrons. The van der Waals surface area contributed by atoms with Gasteiger partial charge >= 0.3 is 0 Å². The number of rotatable bonds is 8. The summed E-state index contributed by atoms with van der Waals surface area (Å²) in [6.07, 6.45) is 1.69. The van der Waals surface area contributed by atoms with E-state index in [0.29, 0.717) is 19.3 Å². The summed E-state index contributed by atoms with van der Waals surface area (Å²) in [5.74, 6) is -1.03. The van der Waals surface area contributed by atoms with Crippen LogP contribution >= 0.6 is 0 Å². The minimum Gasteiger partial charge on any atom is -0.396 e. The number of halogens is 1. The summed E-state index contributed by atoms with van der Waals surface area (Å²) in [7, 11) is -2.84. The number of nitrogens with zero attached hydrogens (tertiary/aromatic N) is 2. The second kappa shape index (κ2) is 7.43. The predicted octanol–water partition coefficient (Wildman–Crippen LogP) is 1.52. The largest absolute Gasteiger partial charge is 0.396 e. The summed E-state index contributed by atoms with van der Waals surface area (Å²) >= 11 is 0. The first-order chi connectivity index (χ1) is 9.80. The van der Waals surface area contributed by atoms with Gasteiger partial charge in [0.2, 0.25) is 10.0 Å². The first-order valence-electron chi connectivity index (χ1n) is 6.32. The minimum atomic E-state index is -4.12. The van der Waals surface area contributed by atoms with Gasteiger partial charge in [0.25, 0.3) is 5.69 Å². The van der Waals surface area contributed by atoms with Gasteiger partial charge in [-0.15, -0.1) is 0 Å². The number of hydrogen-bond acceptors (Lipinski definition) is 5. The van der Waals surface area contributed by atoms with Gasteiger partial charge < -0.3 is 5.11 Å². The van der Waals surface area contributed by atoms with Crippen LogP contribution in [0.4, 0.5) is 10.1 Å². The third-order valence-corrected chi connectivity index (χ3v) is 4.82. The molecule has 0 aliphatic heterocycles. The molecule has 1 aromatic carbocycles. The van der Waals surface area contributed by atoms with Crippen LogP contribution in [0.15, 0.2) is 23.1 Å². The van der Waals surface area contributed by atoms with Crippen molar-refractivity contribution >= 4 is 15.7 Å². The van der Waals surface area contributed by atoms with Crippen molar-refractivity contribution in [3.8, 4) is 0 Å². The molecule has 0 bridgehead atoms. The van der Waals surface area contributed by atoms with Crippen LogP contribution in [0, 0.1) is 15.9 Å². The molecule has 0 heterocycles. The topological polar surface area (TPSA) is 101 Å². The van der Waals surface area contributed by atoms with Crippen LogP contribution in [0.3, 0.4) is 0 Å². The molecular formula is C12H17FN2O5S. The van der Waals surface area contributed by atoms with E-state index >= 15 is 0 Å². The van der Waals surface area contributed by atoms with E-state index in [-0.39, 0.29) is 13.2 Å². The number of non-ortho nitro benzene ring substituents is 1. The SMILES string of the molecule is CN(CCCCCO)S(=O)(=O)c1cc([N+](=O)[O-])ccc1F. The molecule has 1 aromatic rings. The van der Waals surface area contributed by atoms with E-state index < -0.39 is 31.3 Å². The van der Waals surface area contributed by atoms with Gasteiger partial charge in [-0.05, 0) is 25.3 Å². The first kappa shape index (κ1) is 17.5. The molecule has 9 heteroatoms. The van der Waals surface area contributed by atoms with E-state index in [1.807, 2.05) is 0 Å². The molecule has 0 aliphatic rings. The molecule has 0 atom stereocenters. The summed E-state index contributed by atoms with van der Waals surface area (Å²) in [5, 5.41) is 19.3. The van der Waals surface area contributed by atoms with Gasteiger partial charge in [0.05, 0.1) is 4.92 Å². The molecule has 1 rings (SSSR count). The lowest BCUT2D eigenvalue weighted by atomic mass is 10.2. The highest BCUT2D eigenvalue weighted by Crippen LogP contribution is 2.23. The third-order valence-electron chi connectivity index (χ3n) is 2.94. The maximum atomic E-state index is 13.7. The van der Waals surface area contributed by atoms with Gasteiger partial charge in [-0.3, -0.25) is 10.1 Å². The Morgan fingerprint density at radius 3 is 2.57 bits per heavy atom. The zero-order valence-electron chi connectivity index (χ0n) is 11.5. The van der Waals surface area contributed by atoms with Gasteiger partial charge in [0.1, 0.15) is 10.7 Å². The number of nitro benzene ring substituents is 1. The fraction of sp³-hybridized carbons (Fsp3) is 0.500. The second-order valence-corrected chi connectivity index (χ2v) is 6.50. The molecule has 7 nitrogen and oxygen atoms in total. The van der Waals surface area contributed by atoms with E-state index in [1.54, 1.807) is 0 Å². The van der Waals surface area contributed by atoms with Gasteiger partial charge in [0, 0.05) is 32.3 Å². The Labute approximate surface area is 122 Å². The Morgan fingerprint density at radius 1 is 1.33 bits per heavy atom. The Balaban J connectivity index is 2.96. The van der Waals surface area contributed by atoms with Crippen molar-refractivity contribution in [2.75, 3.05) is 20.2 Å². The van der Waals surface area contributed by atoms with Crippen molar-refractivity contribution in [3.05, 3.63) is 34.1 Å². The molecule has 0 saturated carbocycles. The maximum Gasteiger partial charge on any atom is 0.270 e. The van der Waals surface area contributed by atoms with E-state index in [2.05, 4.69) is 0 Å². The smallest absolute Gasteiger partial charge is 0.270 e. The number of unbranched alkanes of at least 4 members (excludes halogenated alkanes) is 2. The number of nitro groups is 1. The van der Waals surface area contributed by atoms with Crippen molar-refractivity contribution < 1.29 is 22.8 Å². The molecule has 0 aromatic heterocycles. The number of hydrogen-bond donors (Lipinski definition) is 1. The van der Waals surface area contributed by atoms with Crippen LogP contribution in [-0.2, 0) is 10.0 Å². The van der Waals surface area contributed by atoms with Crippen LogP contribution in [0.5, 0.6) is 0 Å². The van der Waals surface area contributed by atoms with Gasteiger partial charge in [-0.1, -0.05) is 0 Å². The lowest BCUT2D eigenvalue weighted by Gasteiger charge is -2.17. The number of sulfonamides is 1. The molecular weight excluding hydrogens is 303 g/mol. The molecule has 0 aliphatic carbocycles. The summed E-state index contributed by atoms with van der Waals surface area (Å²) in [5.41, 5.74) is -0.483. The lowest BCUT2D eigenvalue weighted by molar-refractivity contribution is -0.385. The Morgan fingerprint density at radius 2 is 2.00 bits per heavy atom. The van der Waals surface area contributed by atoms with E-state index in [9.17, 15) is 22.9 Å². The van der Waals surface area contributed by atoms with Crippen LogP contribution in [-0.4, -0.2) is 43.0 Å². The van der Waals surface area contributed by atoms with Crippen molar-refractivity contribution in [1.82, 2.24) is 4.31 Å². The van der Waals surface area contributed by atoms with Crippen LogP contribution in [0.1, 0.15) is 19.3 Å². The molecule has 0 saturated heterocycles. The quantitative estimate of drug-likeness (QED) is 0.444. The Kier molecular flexibility index (Phi) is 6.19. The Hall–Kier alpha value is -1.58. The lowest BCUT2D eigenvalue weighted by Crippen LogP contribution is -2.28. The molecule has 0 unspecified atom stereocenters. The predicted molar refractivity (Wildman–Crippen MR) is 73.8 cm³/mol. The average Bonchev–Trinajstić information content (AvgIpc) is 2.43. The van der Waals surface area contributed by atoms with Crippen molar-refractivity contribution in [1.29, 1.82) is 0 Å². The maximum absolute atomic E-state index is 13.7. The van der Waals surface area contributed by atoms with Crippen LogP contribution in [0.25, 0.3) is 0 Å². The van der Waals surface area contributed by atoms with Crippen LogP contribution in [0.2, 0.25) is 0 Å². The summed E-state index contributed by atoms with van der Waals surface area (Å²) in [6, 6.07) is 2.40. The van der Waals surface area contributed by atoms with Crippen molar-refractivity contribution in [2.24, 2.45) is 0 Å². The van der Waals surface area contributed by atoms with E-state index in [0.717, 1.165) is 22.5 Å². The standard InChI is InChI=1S/C12H17FN2O5S/c1-14(7-3-2-4-8-16)21(19,20)12-9-10(15(17)18)5-6-11(12)13/h5-6,9,16H,2-4,7-8H2,1H3. The summed E-state index contributed by atoms with van der Waals surface area (Å²) in [4.78, 5) is 9.17. The number of aliphatic hydroxyl groups is 1. The average molecular weight is 320 g/mol. The number of benzene rings is 1. The molecule has 1 N–H and O–H groups in total. The minimum absolute atomic E-state index is 0.0238.